The van der Waals surface area contributed by atoms with Crippen molar-refractivity contribution in [1.29, 1.82) is 0 Å². The van der Waals surface area contributed by atoms with E-state index in [1.807, 2.05) is 18.2 Å². The average Bonchev–Trinajstić information content (AvgIpc) is 3.17. The number of phosphoric acid groups is 1. The Kier molecular flexibility index (Phi) is 38.6. The molecule has 0 fully saturated rings. The van der Waals surface area contributed by atoms with Crippen LogP contribution in [0.2, 0.25) is 0 Å². The van der Waals surface area contributed by atoms with Gasteiger partial charge in [0, 0.05) is 12.8 Å². The van der Waals surface area contributed by atoms with Crippen molar-refractivity contribution in [2.45, 2.75) is 193 Å². The molecule has 0 aliphatic rings. The number of aliphatic hydroxyl groups is 2. The van der Waals surface area contributed by atoms with E-state index in [0.717, 1.165) is 44.9 Å². The van der Waals surface area contributed by atoms with Gasteiger partial charge in [0.05, 0.1) is 26.4 Å². The Morgan fingerprint density at radius 3 is 1.24 bits per heavy atom. The van der Waals surface area contributed by atoms with Crippen molar-refractivity contribution < 1.29 is 47.8 Å². The molecule has 320 valence electrons. The third-order valence-electron chi connectivity index (χ3n) is 9.07. The van der Waals surface area contributed by atoms with E-state index in [2.05, 4.69) is 44.2 Å². The third kappa shape index (κ3) is 38.6. The van der Waals surface area contributed by atoms with Crippen molar-refractivity contribution in [3.63, 3.8) is 0 Å². The molecule has 0 aliphatic heterocycles. The summed E-state index contributed by atoms with van der Waals surface area (Å²) in [6, 6.07) is 0. The maximum absolute atomic E-state index is 12.3. The molecule has 0 aromatic carbocycles. The van der Waals surface area contributed by atoms with E-state index in [1.54, 1.807) is 0 Å². The first kappa shape index (κ1) is 52.9. The topological polar surface area (TPSA) is 149 Å². The largest absolute Gasteiger partial charge is 0.472 e. The summed E-state index contributed by atoms with van der Waals surface area (Å²) in [5.41, 5.74) is 0. The molecule has 0 spiro atoms. The molecule has 0 bridgehead atoms. The van der Waals surface area contributed by atoms with Crippen molar-refractivity contribution in [3.05, 3.63) is 48.6 Å². The lowest BCUT2D eigenvalue weighted by atomic mass is 10.0. The Balaban J connectivity index is 3.95. The van der Waals surface area contributed by atoms with Crippen LogP contribution in [0.4, 0.5) is 0 Å². The summed E-state index contributed by atoms with van der Waals surface area (Å²) >= 11 is 0. The Bertz CT molecular complexity index is 1060. The number of phosphoric ester groups is 1. The first-order valence-electron chi connectivity index (χ1n) is 21.6. The van der Waals surface area contributed by atoms with Gasteiger partial charge in [-0.1, -0.05) is 178 Å². The molecule has 0 amide bonds. The molecule has 0 aromatic rings. The Labute approximate surface area is 334 Å². The summed E-state index contributed by atoms with van der Waals surface area (Å²) in [7, 11) is -4.65. The van der Waals surface area contributed by atoms with Gasteiger partial charge in [-0.25, -0.2) is 4.57 Å². The van der Waals surface area contributed by atoms with E-state index in [-0.39, 0.29) is 12.8 Å². The van der Waals surface area contributed by atoms with Gasteiger partial charge < -0.3 is 24.6 Å². The van der Waals surface area contributed by atoms with Crippen LogP contribution >= 0.6 is 7.82 Å². The van der Waals surface area contributed by atoms with Gasteiger partial charge in [0.25, 0.3) is 0 Å². The maximum Gasteiger partial charge on any atom is 0.472 e. The fourth-order valence-corrected chi connectivity index (χ4v) is 6.56. The van der Waals surface area contributed by atoms with Gasteiger partial charge in [0.2, 0.25) is 0 Å². The molecule has 0 aliphatic carbocycles. The van der Waals surface area contributed by atoms with Crippen LogP contribution in [0.5, 0.6) is 0 Å². The zero-order valence-electron chi connectivity index (χ0n) is 34.6. The monoisotopic (exact) mass is 799 g/mol. The van der Waals surface area contributed by atoms with Crippen molar-refractivity contribution in [2.24, 2.45) is 0 Å². The molecule has 0 saturated heterocycles. The van der Waals surface area contributed by atoms with Gasteiger partial charge in [-0.3, -0.25) is 18.6 Å². The van der Waals surface area contributed by atoms with E-state index >= 15 is 0 Å². The van der Waals surface area contributed by atoms with Gasteiger partial charge in [-0.05, 0) is 38.5 Å². The summed E-state index contributed by atoms with van der Waals surface area (Å²) in [5.74, 6) is -1.10. The third-order valence-corrected chi connectivity index (χ3v) is 10.0. The molecule has 0 rings (SSSR count). The van der Waals surface area contributed by atoms with Crippen LogP contribution in [0.25, 0.3) is 0 Å². The number of allylic oxidation sites excluding steroid dienone is 8. The van der Waals surface area contributed by atoms with Crippen molar-refractivity contribution >= 4 is 19.8 Å². The number of hydrogen-bond acceptors (Lipinski definition) is 9. The number of unbranched alkanes of at least 4 members (excludes halogenated alkanes) is 18. The quantitative estimate of drug-likeness (QED) is 0.0237. The van der Waals surface area contributed by atoms with Crippen LogP contribution < -0.4 is 0 Å². The highest BCUT2D eigenvalue weighted by Crippen LogP contribution is 2.43. The molecule has 0 heterocycles. The molecule has 3 N–H and O–H groups in total. The number of carbonyl (C=O) groups is 2. The van der Waals surface area contributed by atoms with E-state index in [4.69, 9.17) is 18.5 Å². The second kappa shape index (κ2) is 40.1. The van der Waals surface area contributed by atoms with Crippen LogP contribution in [-0.4, -0.2) is 65.7 Å². The van der Waals surface area contributed by atoms with Crippen LogP contribution in [0.15, 0.2) is 48.6 Å². The molecule has 0 radical (unpaired) electrons. The SMILES string of the molecule is CC/C=C\C/C=C\C/C=C\C/C=C\CCC(=O)OC(CO)COP(=O)(O)OCC(CO)OC(=O)CCCCCCCCCCCCCCCCCCCCC. The van der Waals surface area contributed by atoms with Crippen LogP contribution in [0.1, 0.15) is 181 Å². The van der Waals surface area contributed by atoms with Gasteiger partial charge in [-0.15, -0.1) is 0 Å². The van der Waals surface area contributed by atoms with Gasteiger partial charge in [0.15, 0.2) is 0 Å². The van der Waals surface area contributed by atoms with E-state index < -0.39 is 58.4 Å². The zero-order chi connectivity index (χ0) is 40.5. The second-order valence-corrected chi connectivity index (χ2v) is 15.8. The summed E-state index contributed by atoms with van der Waals surface area (Å²) in [5, 5.41) is 19.1. The lowest BCUT2D eigenvalue weighted by Gasteiger charge is -2.20. The molecule has 11 heteroatoms. The summed E-state index contributed by atoms with van der Waals surface area (Å²) in [6.07, 6.45) is 42.5. The van der Waals surface area contributed by atoms with Crippen molar-refractivity contribution in [2.75, 3.05) is 26.4 Å². The lowest BCUT2D eigenvalue weighted by molar-refractivity contribution is -0.153. The lowest BCUT2D eigenvalue weighted by Crippen LogP contribution is -2.28. The summed E-state index contributed by atoms with van der Waals surface area (Å²) < 4.78 is 32.5. The molecular formula is C44H79O10P. The Hall–Kier alpha value is -2.07. The van der Waals surface area contributed by atoms with E-state index in [9.17, 15) is 29.3 Å². The minimum atomic E-state index is -4.65. The Morgan fingerprint density at radius 1 is 0.509 bits per heavy atom. The van der Waals surface area contributed by atoms with E-state index in [0.29, 0.717) is 12.8 Å². The van der Waals surface area contributed by atoms with Gasteiger partial charge in [0.1, 0.15) is 12.2 Å². The first-order chi connectivity index (χ1) is 26.8. The molecule has 3 atom stereocenters. The standard InChI is InChI=1S/C44H79O10P/c1-3-5-7-9-11-13-15-17-18-19-20-21-22-24-26-28-30-32-34-36-44(48)54-42(38-46)40-52-55(49,50)51-39-41(37-45)53-43(47)35-33-31-29-27-25-23-16-14-12-10-8-6-4-2/h6,8,12,14,23,25,29,31,41-42,45-46H,3-5,7,9-11,13,15-22,24,26-28,30,32-40H2,1-2H3,(H,49,50)/b8-6-,14-12-,25-23-,31-29-. The summed E-state index contributed by atoms with van der Waals surface area (Å²) in [6.45, 7) is 2.02. The van der Waals surface area contributed by atoms with Crippen LogP contribution in [0, 0.1) is 0 Å². The second-order valence-electron chi connectivity index (χ2n) is 14.3. The zero-order valence-corrected chi connectivity index (χ0v) is 35.5. The average molecular weight is 799 g/mol. The number of rotatable bonds is 40. The maximum atomic E-state index is 12.3. The molecule has 0 aromatic heterocycles. The molecule has 10 nitrogen and oxygen atoms in total. The molecule has 3 unspecified atom stereocenters. The summed E-state index contributed by atoms with van der Waals surface area (Å²) in [4.78, 5) is 34.4. The molecule has 0 saturated carbocycles. The number of esters is 2. The minimum absolute atomic E-state index is 0.0705. The van der Waals surface area contributed by atoms with Crippen molar-refractivity contribution in [1.82, 2.24) is 0 Å². The fourth-order valence-electron chi connectivity index (χ4n) is 5.78. The van der Waals surface area contributed by atoms with E-state index in [1.165, 1.54) is 96.3 Å². The van der Waals surface area contributed by atoms with Gasteiger partial charge >= 0.3 is 19.8 Å². The van der Waals surface area contributed by atoms with Gasteiger partial charge in [-0.2, -0.15) is 0 Å². The number of ether oxygens (including phenoxy) is 2. The first-order valence-corrected chi connectivity index (χ1v) is 23.1. The predicted octanol–water partition coefficient (Wildman–Crippen LogP) is 11.3. The smallest absolute Gasteiger partial charge is 0.457 e. The fraction of sp³-hybridized carbons (Fsp3) is 0.773. The minimum Gasteiger partial charge on any atom is -0.457 e. The number of aliphatic hydroxyl groups excluding tert-OH is 2. The van der Waals surface area contributed by atoms with Crippen LogP contribution in [-0.2, 0) is 32.7 Å². The highest BCUT2D eigenvalue weighted by molar-refractivity contribution is 7.47. The predicted molar refractivity (Wildman–Crippen MR) is 224 cm³/mol. The molecular weight excluding hydrogens is 719 g/mol. The van der Waals surface area contributed by atoms with Crippen molar-refractivity contribution in [3.8, 4) is 0 Å². The molecule has 55 heavy (non-hydrogen) atoms. The highest BCUT2D eigenvalue weighted by atomic mass is 31.2. The number of hydrogen-bond donors (Lipinski definition) is 3. The number of carbonyl (C=O) groups excluding carboxylic acids is 2. The highest BCUT2D eigenvalue weighted by Gasteiger charge is 2.27. The Morgan fingerprint density at radius 2 is 0.855 bits per heavy atom. The van der Waals surface area contributed by atoms with Crippen LogP contribution in [0.3, 0.4) is 0 Å². The normalized spacial score (nSPS) is 14.3.